The zero-order chi connectivity index (χ0) is 8.65. The van der Waals surface area contributed by atoms with Crippen LogP contribution in [0.25, 0.3) is 0 Å². The van der Waals surface area contributed by atoms with Crippen molar-refractivity contribution in [3.8, 4) is 0 Å². The molecule has 0 spiro atoms. The van der Waals surface area contributed by atoms with Crippen molar-refractivity contribution in [2.45, 2.75) is 26.2 Å². The molecule has 0 aromatic carbocycles. The van der Waals surface area contributed by atoms with Crippen molar-refractivity contribution in [3.05, 3.63) is 10.9 Å². The van der Waals surface area contributed by atoms with Crippen LogP contribution in [0.2, 0.25) is 5.15 Å². The van der Waals surface area contributed by atoms with Crippen LogP contribution in [0.15, 0.2) is 4.42 Å². The number of hydrogen-bond donors (Lipinski definition) is 1. The van der Waals surface area contributed by atoms with Gasteiger partial charge in [0.15, 0.2) is 10.9 Å². The van der Waals surface area contributed by atoms with Gasteiger partial charge in [-0.3, -0.25) is 0 Å². The SMILES string of the molecule is CC(C)(C)c1oc(N)nc1Cl. The minimum absolute atomic E-state index is 0.125. The maximum Gasteiger partial charge on any atom is 0.293 e. The first-order chi connectivity index (χ1) is 4.91. The van der Waals surface area contributed by atoms with Crippen molar-refractivity contribution in [1.82, 2.24) is 4.98 Å². The van der Waals surface area contributed by atoms with E-state index in [1.54, 1.807) is 0 Å². The minimum atomic E-state index is -0.137. The van der Waals surface area contributed by atoms with E-state index in [0.717, 1.165) is 0 Å². The van der Waals surface area contributed by atoms with Crippen LogP contribution < -0.4 is 5.73 Å². The molecule has 0 radical (unpaired) electrons. The molecule has 0 bridgehead atoms. The van der Waals surface area contributed by atoms with Gasteiger partial charge in [0.1, 0.15) is 0 Å². The van der Waals surface area contributed by atoms with Gasteiger partial charge >= 0.3 is 0 Å². The number of hydrogen-bond acceptors (Lipinski definition) is 3. The fourth-order valence-electron chi connectivity index (χ4n) is 0.780. The van der Waals surface area contributed by atoms with Gasteiger partial charge in [-0.05, 0) is 0 Å². The third-order valence-electron chi connectivity index (χ3n) is 1.28. The van der Waals surface area contributed by atoms with Crippen molar-refractivity contribution in [2.24, 2.45) is 0 Å². The molecule has 1 rings (SSSR count). The molecule has 1 aromatic heterocycles. The second-order valence-electron chi connectivity index (χ2n) is 3.42. The van der Waals surface area contributed by atoms with E-state index in [1.807, 2.05) is 20.8 Å². The normalized spacial score (nSPS) is 12.0. The lowest BCUT2D eigenvalue weighted by molar-refractivity contribution is 0.418. The largest absolute Gasteiger partial charge is 0.427 e. The molecular formula is C7H11ClN2O. The Labute approximate surface area is 70.5 Å². The number of nitrogens with two attached hydrogens (primary N) is 1. The van der Waals surface area contributed by atoms with Gasteiger partial charge in [0, 0.05) is 5.41 Å². The topological polar surface area (TPSA) is 52.0 Å². The number of rotatable bonds is 0. The third kappa shape index (κ3) is 1.66. The zero-order valence-corrected chi connectivity index (χ0v) is 7.57. The first-order valence-electron chi connectivity index (χ1n) is 3.33. The van der Waals surface area contributed by atoms with E-state index in [2.05, 4.69) is 4.98 Å². The quantitative estimate of drug-likeness (QED) is 0.656. The van der Waals surface area contributed by atoms with Crippen molar-refractivity contribution in [1.29, 1.82) is 0 Å². The fraction of sp³-hybridized carbons (Fsp3) is 0.571. The van der Waals surface area contributed by atoms with Crippen LogP contribution in [0.4, 0.5) is 6.01 Å². The molecule has 0 aliphatic rings. The molecule has 1 aromatic rings. The Kier molecular flexibility index (Phi) is 1.84. The van der Waals surface area contributed by atoms with Crippen LogP contribution >= 0.6 is 11.6 Å². The minimum Gasteiger partial charge on any atom is -0.427 e. The predicted molar refractivity (Wildman–Crippen MR) is 44.6 cm³/mol. The fourth-order valence-corrected chi connectivity index (χ4v) is 1.18. The maximum absolute atomic E-state index is 5.74. The van der Waals surface area contributed by atoms with Crippen molar-refractivity contribution >= 4 is 17.6 Å². The molecule has 2 N–H and O–H groups in total. The molecule has 0 aliphatic heterocycles. The molecule has 0 amide bonds. The Hall–Kier alpha value is -0.700. The van der Waals surface area contributed by atoms with E-state index in [9.17, 15) is 0 Å². The van der Waals surface area contributed by atoms with Gasteiger partial charge in [0.2, 0.25) is 0 Å². The highest BCUT2D eigenvalue weighted by Gasteiger charge is 2.23. The van der Waals surface area contributed by atoms with Crippen LogP contribution in [0.1, 0.15) is 26.5 Å². The Morgan fingerprint density at radius 2 is 2.00 bits per heavy atom. The Balaban J connectivity index is 3.13. The highest BCUT2D eigenvalue weighted by molar-refractivity contribution is 6.30. The second-order valence-corrected chi connectivity index (χ2v) is 3.78. The summed E-state index contributed by atoms with van der Waals surface area (Å²) in [4.78, 5) is 3.75. The van der Waals surface area contributed by atoms with E-state index in [-0.39, 0.29) is 11.4 Å². The lowest BCUT2D eigenvalue weighted by atomic mass is 9.94. The van der Waals surface area contributed by atoms with E-state index in [0.29, 0.717) is 10.9 Å². The summed E-state index contributed by atoms with van der Waals surface area (Å²) < 4.78 is 5.11. The van der Waals surface area contributed by atoms with E-state index in [4.69, 9.17) is 21.8 Å². The smallest absolute Gasteiger partial charge is 0.293 e. The molecule has 0 saturated heterocycles. The molecule has 4 heteroatoms. The van der Waals surface area contributed by atoms with E-state index >= 15 is 0 Å². The van der Waals surface area contributed by atoms with Gasteiger partial charge in [-0.25, -0.2) is 0 Å². The molecule has 11 heavy (non-hydrogen) atoms. The lowest BCUT2D eigenvalue weighted by Crippen LogP contribution is -2.10. The summed E-state index contributed by atoms with van der Waals surface area (Å²) in [5, 5.41) is 0.356. The Morgan fingerprint density at radius 3 is 2.18 bits per heavy atom. The van der Waals surface area contributed by atoms with Crippen molar-refractivity contribution in [3.63, 3.8) is 0 Å². The summed E-state index contributed by atoms with van der Waals surface area (Å²) in [5.41, 5.74) is 5.18. The Morgan fingerprint density at radius 1 is 1.45 bits per heavy atom. The van der Waals surface area contributed by atoms with E-state index in [1.165, 1.54) is 0 Å². The standard InChI is InChI=1S/C7H11ClN2O/c1-7(2,3)4-5(8)10-6(9)11-4/h1-3H3,(H2,9,10). The lowest BCUT2D eigenvalue weighted by Gasteiger charge is -2.13. The molecule has 0 unspecified atom stereocenters. The number of nitrogen functional groups attached to an aromatic ring is 1. The van der Waals surface area contributed by atoms with Crippen LogP contribution in [0.3, 0.4) is 0 Å². The van der Waals surface area contributed by atoms with Crippen LogP contribution in [-0.4, -0.2) is 4.98 Å². The van der Waals surface area contributed by atoms with Gasteiger partial charge in [-0.15, -0.1) is 0 Å². The number of aromatic nitrogens is 1. The summed E-state index contributed by atoms with van der Waals surface area (Å²) in [7, 11) is 0. The van der Waals surface area contributed by atoms with Crippen LogP contribution in [0, 0.1) is 0 Å². The molecule has 3 nitrogen and oxygen atoms in total. The molecule has 0 atom stereocenters. The summed E-state index contributed by atoms with van der Waals surface area (Å²) in [5.74, 6) is 0.636. The molecular weight excluding hydrogens is 164 g/mol. The third-order valence-corrected chi connectivity index (χ3v) is 1.54. The summed E-state index contributed by atoms with van der Waals surface area (Å²) in [6, 6.07) is 0.125. The molecule has 1 heterocycles. The van der Waals surface area contributed by atoms with Crippen LogP contribution in [-0.2, 0) is 5.41 Å². The second kappa shape index (κ2) is 2.41. The summed E-state index contributed by atoms with van der Waals surface area (Å²) >= 11 is 5.74. The van der Waals surface area contributed by atoms with E-state index < -0.39 is 0 Å². The van der Waals surface area contributed by atoms with Crippen molar-refractivity contribution in [2.75, 3.05) is 5.73 Å². The number of halogens is 1. The molecule has 0 saturated carbocycles. The predicted octanol–water partition coefficient (Wildman–Crippen LogP) is 2.21. The zero-order valence-electron chi connectivity index (χ0n) is 6.81. The first kappa shape index (κ1) is 8.40. The summed E-state index contributed by atoms with van der Waals surface area (Å²) in [6.45, 7) is 5.95. The highest BCUT2D eigenvalue weighted by atomic mass is 35.5. The monoisotopic (exact) mass is 174 g/mol. The van der Waals surface area contributed by atoms with Crippen LogP contribution in [0.5, 0.6) is 0 Å². The van der Waals surface area contributed by atoms with Gasteiger partial charge in [0.05, 0.1) is 0 Å². The average Bonchev–Trinajstić information content (AvgIpc) is 2.08. The molecule has 62 valence electrons. The maximum atomic E-state index is 5.74. The molecule has 0 fully saturated rings. The average molecular weight is 175 g/mol. The highest BCUT2D eigenvalue weighted by Crippen LogP contribution is 2.30. The van der Waals surface area contributed by atoms with Crippen molar-refractivity contribution < 1.29 is 4.42 Å². The number of oxazole rings is 1. The first-order valence-corrected chi connectivity index (χ1v) is 3.71. The number of nitrogens with zero attached hydrogens (tertiary/aromatic N) is 1. The van der Waals surface area contributed by atoms with Gasteiger partial charge in [0.25, 0.3) is 6.01 Å². The summed E-state index contributed by atoms with van der Waals surface area (Å²) in [6.07, 6.45) is 0. The molecule has 0 aliphatic carbocycles. The van der Waals surface area contributed by atoms with Gasteiger partial charge in [-0.2, -0.15) is 4.98 Å². The number of anilines is 1. The Bertz CT molecular complexity index is 262. The van der Waals surface area contributed by atoms with Gasteiger partial charge < -0.3 is 10.2 Å². The van der Waals surface area contributed by atoms with Gasteiger partial charge in [-0.1, -0.05) is 32.4 Å².